The highest BCUT2D eigenvalue weighted by atomic mass is 14.4. The summed E-state index contributed by atoms with van der Waals surface area (Å²) in [7, 11) is 0. The Labute approximate surface area is 271 Å². The monoisotopic (exact) mass is 590 g/mol. The van der Waals surface area contributed by atoms with Gasteiger partial charge in [0.15, 0.2) is 0 Å². The Morgan fingerprint density at radius 1 is 1.00 bits per heavy atom. The standard InChI is InChI=1S/C44H62/c1-8-42(34(4)39-23-24-40(29-39)41-25-28-44(31-41)26-11-12-27-44)32(2)15-19-36(33(3)30-43(5,6)7)20-16-35-17-21-38(22-18-35)37-13-9-10-14-37/h9,13-14,17-18,21-22,31,36,39-40H,2-3,8,10-12,15-16,19-20,23-30H2,1,4-7H3/b42-34+. The molecule has 44 heavy (non-hydrogen) atoms. The Bertz CT molecular complexity index is 1290. The first-order valence-electron chi connectivity index (χ1n) is 18.3. The summed E-state index contributed by atoms with van der Waals surface area (Å²) in [5.41, 5.74) is 12.9. The molecule has 2 saturated carbocycles. The molecule has 0 heterocycles. The predicted molar refractivity (Wildman–Crippen MR) is 194 cm³/mol. The van der Waals surface area contributed by atoms with Gasteiger partial charge in [0.25, 0.3) is 0 Å². The summed E-state index contributed by atoms with van der Waals surface area (Å²) in [6.07, 6.45) is 30.2. The number of hydrogen-bond acceptors (Lipinski definition) is 0. The number of benzene rings is 1. The lowest BCUT2D eigenvalue weighted by molar-refractivity contribution is 0.375. The fourth-order valence-corrected chi connectivity index (χ4v) is 9.25. The van der Waals surface area contributed by atoms with E-state index in [-0.39, 0.29) is 5.41 Å². The van der Waals surface area contributed by atoms with Crippen molar-refractivity contribution in [2.45, 2.75) is 137 Å². The van der Waals surface area contributed by atoms with Crippen molar-refractivity contribution in [3.8, 4) is 0 Å². The molecule has 0 aromatic heterocycles. The third-order valence-electron chi connectivity index (χ3n) is 11.8. The second-order valence-electron chi connectivity index (χ2n) is 16.3. The third kappa shape index (κ3) is 8.27. The smallest absolute Gasteiger partial charge is 0.0112 e. The van der Waals surface area contributed by atoms with Gasteiger partial charge in [0.05, 0.1) is 0 Å². The zero-order valence-electron chi connectivity index (χ0n) is 29.1. The van der Waals surface area contributed by atoms with Gasteiger partial charge in [-0.3, -0.25) is 0 Å². The molecular formula is C44H62. The first-order chi connectivity index (χ1) is 21.1. The van der Waals surface area contributed by atoms with Crippen molar-refractivity contribution in [1.82, 2.24) is 0 Å². The maximum atomic E-state index is 4.72. The molecule has 2 fully saturated rings. The molecule has 0 radical (unpaired) electrons. The number of rotatable bonds is 13. The molecule has 0 saturated heterocycles. The fraction of sp³-hybridized carbons (Fsp3) is 0.591. The molecule has 4 aliphatic carbocycles. The zero-order chi connectivity index (χ0) is 31.3. The van der Waals surface area contributed by atoms with E-state index in [2.05, 4.69) is 89.8 Å². The van der Waals surface area contributed by atoms with Crippen molar-refractivity contribution in [2.24, 2.45) is 28.6 Å². The predicted octanol–water partition coefficient (Wildman–Crippen LogP) is 13.3. The summed E-state index contributed by atoms with van der Waals surface area (Å²) in [4.78, 5) is 0. The largest absolute Gasteiger partial charge is 0.0996 e. The molecule has 5 rings (SSSR count). The number of allylic oxidation sites excluding steroid dienone is 10. The quantitative estimate of drug-likeness (QED) is 0.158. The molecule has 4 aliphatic rings. The maximum Gasteiger partial charge on any atom is -0.0112 e. The van der Waals surface area contributed by atoms with Gasteiger partial charge < -0.3 is 0 Å². The van der Waals surface area contributed by atoms with Crippen LogP contribution in [0, 0.1) is 28.6 Å². The lowest BCUT2D eigenvalue weighted by Crippen LogP contribution is -2.14. The van der Waals surface area contributed by atoms with E-state index in [1.54, 1.807) is 11.1 Å². The van der Waals surface area contributed by atoms with Crippen LogP contribution in [0.25, 0.3) is 5.57 Å². The molecule has 0 bridgehead atoms. The maximum absolute atomic E-state index is 4.72. The molecule has 0 nitrogen and oxygen atoms in total. The Balaban J connectivity index is 1.20. The van der Waals surface area contributed by atoms with E-state index >= 15 is 0 Å². The van der Waals surface area contributed by atoms with Crippen LogP contribution in [0.2, 0.25) is 0 Å². The summed E-state index contributed by atoms with van der Waals surface area (Å²) in [5.74, 6) is 2.13. The summed E-state index contributed by atoms with van der Waals surface area (Å²) in [6.45, 7) is 21.3. The molecular weight excluding hydrogens is 528 g/mol. The van der Waals surface area contributed by atoms with Gasteiger partial charge >= 0.3 is 0 Å². The van der Waals surface area contributed by atoms with Crippen molar-refractivity contribution in [3.05, 3.63) is 101 Å². The van der Waals surface area contributed by atoms with E-state index in [4.69, 9.17) is 6.58 Å². The van der Waals surface area contributed by atoms with Crippen molar-refractivity contribution >= 4 is 5.57 Å². The average Bonchev–Trinajstić information content (AvgIpc) is 3.82. The molecule has 0 N–H and O–H groups in total. The topological polar surface area (TPSA) is 0 Å². The highest BCUT2D eigenvalue weighted by Gasteiger charge is 2.39. The minimum atomic E-state index is 0.271. The van der Waals surface area contributed by atoms with E-state index < -0.39 is 0 Å². The first-order valence-corrected chi connectivity index (χ1v) is 18.3. The van der Waals surface area contributed by atoms with Gasteiger partial charge in [0, 0.05) is 0 Å². The summed E-state index contributed by atoms with van der Waals surface area (Å²) in [6, 6.07) is 9.30. The van der Waals surface area contributed by atoms with Crippen LogP contribution in [0.5, 0.6) is 0 Å². The van der Waals surface area contributed by atoms with E-state index in [0.29, 0.717) is 11.3 Å². The molecule has 1 aromatic carbocycles. The summed E-state index contributed by atoms with van der Waals surface area (Å²) in [5, 5.41) is 0. The zero-order valence-corrected chi connectivity index (χ0v) is 29.1. The van der Waals surface area contributed by atoms with E-state index in [0.717, 1.165) is 43.9 Å². The molecule has 0 amide bonds. The van der Waals surface area contributed by atoms with Gasteiger partial charge in [-0.15, -0.1) is 0 Å². The summed E-state index contributed by atoms with van der Waals surface area (Å²) >= 11 is 0. The van der Waals surface area contributed by atoms with Crippen LogP contribution >= 0.6 is 0 Å². The van der Waals surface area contributed by atoms with Gasteiger partial charge in [-0.05, 0) is 148 Å². The van der Waals surface area contributed by atoms with Crippen LogP contribution in [0.3, 0.4) is 0 Å². The number of aryl methyl sites for hydroxylation is 1. The van der Waals surface area contributed by atoms with Gasteiger partial charge in [-0.25, -0.2) is 0 Å². The van der Waals surface area contributed by atoms with Crippen LogP contribution in [0.1, 0.15) is 142 Å². The van der Waals surface area contributed by atoms with Gasteiger partial charge in [0.2, 0.25) is 0 Å². The van der Waals surface area contributed by atoms with E-state index in [9.17, 15) is 0 Å². The Kier molecular flexibility index (Phi) is 10.8. The molecule has 3 unspecified atom stereocenters. The first kappa shape index (κ1) is 33.0. The second-order valence-corrected chi connectivity index (χ2v) is 16.3. The van der Waals surface area contributed by atoms with E-state index in [1.165, 1.54) is 98.5 Å². The molecule has 238 valence electrons. The molecule has 0 heteroatoms. The van der Waals surface area contributed by atoms with Crippen LogP contribution in [-0.2, 0) is 6.42 Å². The molecule has 1 aromatic rings. The van der Waals surface area contributed by atoms with Crippen LogP contribution in [-0.4, -0.2) is 0 Å². The van der Waals surface area contributed by atoms with Crippen molar-refractivity contribution in [1.29, 1.82) is 0 Å². The number of hydrogen-bond donors (Lipinski definition) is 0. The van der Waals surface area contributed by atoms with E-state index in [1.807, 2.05) is 5.57 Å². The van der Waals surface area contributed by atoms with Crippen LogP contribution in [0.15, 0.2) is 89.6 Å². The van der Waals surface area contributed by atoms with Crippen molar-refractivity contribution in [3.63, 3.8) is 0 Å². The fourth-order valence-electron chi connectivity index (χ4n) is 9.25. The van der Waals surface area contributed by atoms with Crippen molar-refractivity contribution < 1.29 is 0 Å². The van der Waals surface area contributed by atoms with Gasteiger partial charge in [-0.2, -0.15) is 0 Å². The third-order valence-corrected chi connectivity index (χ3v) is 11.8. The molecule has 1 spiro atoms. The SMILES string of the molecule is C=C(CCC(CCc1ccc(C2=CCC=C2)cc1)C(=C)CC(C)(C)C)/C(CC)=C(\C)C1CCC(C2=CC3(CCCC3)CC2)C1. The lowest BCUT2D eigenvalue weighted by atomic mass is 9.78. The Morgan fingerprint density at radius 3 is 2.41 bits per heavy atom. The summed E-state index contributed by atoms with van der Waals surface area (Å²) < 4.78 is 0. The highest BCUT2D eigenvalue weighted by molar-refractivity contribution is 5.76. The minimum Gasteiger partial charge on any atom is -0.0996 e. The Hall–Kier alpha value is -2.34. The van der Waals surface area contributed by atoms with Crippen LogP contribution < -0.4 is 0 Å². The normalized spacial score (nSPS) is 24.0. The molecule has 0 aliphatic heterocycles. The van der Waals surface area contributed by atoms with Crippen LogP contribution in [0.4, 0.5) is 0 Å². The van der Waals surface area contributed by atoms with Gasteiger partial charge in [0.1, 0.15) is 0 Å². The Morgan fingerprint density at radius 2 is 1.75 bits per heavy atom. The minimum absolute atomic E-state index is 0.271. The molecule has 3 atom stereocenters. The average molecular weight is 591 g/mol. The van der Waals surface area contributed by atoms with Gasteiger partial charge in [-0.1, -0.05) is 125 Å². The lowest BCUT2D eigenvalue weighted by Gasteiger charge is -2.27. The van der Waals surface area contributed by atoms with Crippen molar-refractivity contribution in [2.75, 3.05) is 0 Å². The highest BCUT2D eigenvalue weighted by Crippen LogP contribution is 2.53. The second kappa shape index (κ2) is 14.4.